The van der Waals surface area contributed by atoms with Gasteiger partial charge in [-0.2, -0.15) is 0 Å². The van der Waals surface area contributed by atoms with Crippen LogP contribution in [-0.2, 0) is 27.3 Å². The van der Waals surface area contributed by atoms with Gasteiger partial charge in [0.2, 0.25) is 11.8 Å². The number of nitrogens with zero attached hydrogens (tertiary/aromatic N) is 6. The number of carbonyl (C=O) groups is 4. The van der Waals surface area contributed by atoms with Crippen LogP contribution in [0, 0.1) is 18.2 Å². The van der Waals surface area contributed by atoms with Crippen molar-refractivity contribution in [3.63, 3.8) is 0 Å². The highest BCUT2D eigenvalue weighted by Crippen LogP contribution is 2.41. The van der Waals surface area contributed by atoms with Crippen molar-refractivity contribution in [2.24, 2.45) is 5.41 Å². The van der Waals surface area contributed by atoms with Gasteiger partial charge in [-0.1, -0.05) is 51.1 Å². The number of likely N-dealkylation sites (tertiary alicyclic amines) is 1. The predicted octanol–water partition coefficient (Wildman–Crippen LogP) is 5.20. The quantitative estimate of drug-likeness (QED) is 0.0972. The summed E-state index contributed by atoms with van der Waals surface area (Å²) >= 11 is 1.46. The molecule has 0 bridgehead atoms. The number of amides is 4. The molecule has 3 fully saturated rings. The molecule has 16 nitrogen and oxygen atoms in total. The summed E-state index contributed by atoms with van der Waals surface area (Å²) in [5.74, 6) is -2.13. The predicted molar refractivity (Wildman–Crippen MR) is 252 cm³/mol. The monoisotopic (exact) mass is 951 g/mol. The molecule has 5 aromatic rings. The lowest BCUT2D eigenvalue weighted by Gasteiger charge is -2.36. The van der Waals surface area contributed by atoms with E-state index in [4.69, 9.17) is 10.5 Å². The zero-order valence-corrected chi connectivity index (χ0v) is 39.1. The number of carbonyl (C=O) groups excluding carboxylic acids is 4. The van der Waals surface area contributed by atoms with Crippen LogP contribution in [-0.4, -0.2) is 122 Å². The molecule has 4 heterocycles. The second kappa shape index (κ2) is 19.5. The fourth-order valence-corrected chi connectivity index (χ4v) is 9.33. The van der Waals surface area contributed by atoms with E-state index in [1.54, 1.807) is 73.6 Å². The largest absolute Gasteiger partial charge is 0.507 e. The van der Waals surface area contributed by atoms with Crippen molar-refractivity contribution in [2.75, 3.05) is 50.0 Å². The normalized spacial score (nSPS) is 18.2. The molecule has 3 aromatic carbocycles. The number of thiazole rings is 1. The zero-order valence-electron chi connectivity index (χ0n) is 38.3. The summed E-state index contributed by atoms with van der Waals surface area (Å²) in [6.45, 7) is 8.59. The van der Waals surface area contributed by atoms with E-state index in [1.807, 2.05) is 30.0 Å². The molecule has 358 valence electrons. The number of hydrogen-bond acceptors (Lipinski definition) is 13. The van der Waals surface area contributed by atoms with Crippen molar-refractivity contribution in [3.8, 4) is 33.2 Å². The van der Waals surface area contributed by atoms with Crippen LogP contribution in [0.1, 0.15) is 67.2 Å². The highest BCUT2D eigenvalue weighted by molar-refractivity contribution is 7.13. The lowest BCUT2D eigenvalue weighted by molar-refractivity contribution is -0.145. The van der Waals surface area contributed by atoms with Crippen molar-refractivity contribution >= 4 is 46.5 Å². The Labute approximate surface area is 396 Å². The van der Waals surface area contributed by atoms with E-state index < -0.39 is 52.8 Å². The Morgan fingerprint density at radius 1 is 1.00 bits per heavy atom. The third-order valence-electron chi connectivity index (χ3n) is 12.7. The number of hydrogen-bond donors (Lipinski definition) is 5. The van der Waals surface area contributed by atoms with Gasteiger partial charge in [0.05, 0.1) is 40.2 Å². The van der Waals surface area contributed by atoms with Gasteiger partial charge in [-0.15, -0.1) is 21.5 Å². The number of phenols is 1. The van der Waals surface area contributed by atoms with E-state index in [9.17, 15) is 33.8 Å². The van der Waals surface area contributed by atoms with Crippen molar-refractivity contribution in [2.45, 2.75) is 83.8 Å². The first kappa shape index (κ1) is 47.8. The van der Waals surface area contributed by atoms with Crippen LogP contribution in [0.2, 0.25) is 0 Å². The molecule has 0 unspecified atom stereocenters. The number of aliphatic hydroxyl groups excluding tert-OH is 1. The topological polar surface area (TPSA) is 216 Å². The van der Waals surface area contributed by atoms with Gasteiger partial charge in [-0.05, 0) is 72.7 Å². The second-order valence-electron chi connectivity index (χ2n) is 18.6. The summed E-state index contributed by atoms with van der Waals surface area (Å²) in [6, 6.07) is 16.3. The van der Waals surface area contributed by atoms with Gasteiger partial charge in [0, 0.05) is 68.8 Å². The molecule has 4 amide bonds. The fourth-order valence-electron chi connectivity index (χ4n) is 8.53. The minimum absolute atomic E-state index is 0.0138. The summed E-state index contributed by atoms with van der Waals surface area (Å²) in [6.07, 6.45) is -0.703. The molecule has 6 N–H and O–H groups in total. The molecule has 0 radical (unpaired) electrons. The van der Waals surface area contributed by atoms with Crippen molar-refractivity contribution < 1.29 is 42.9 Å². The lowest BCUT2D eigenvalue weighted by Crippen LogP contribution is -2.59. The van der Waals surface area contributed by atoms with Crippen molar-refractivity contribution in [1.29, 1.82) is 0 Å². The van der Waals surface area contributed by atoms with Gasteiger partial charge < -0.3 is 46.0 Å². The van der Waals surface area contributed by atoms with Gasteiger partial charge in [0.25, 0.3) is 11.8 Å². The van der Waals surface area contributed by atoms with Crippen LogP contribution in [0.3, 0.4) is 0 Å². The first-order chi connectivity index (χ1) is 32.4. The highest BCUT2D eigenvalue weighted by Gasteiger charge is 2.53. The fraction of sp³-hybridized carbons (Fsp3) is 0.408. The average Bonchev–Trinajstić information content (AvgIpc) is 3.72. The van der Waals surface area contributed by atoms with E-state index in [0.717, 1.165) is 16.1 Å². The minimum Gasteiger partial charge on any atom is -0.507 e. The highest BCUT2D eigenvalue weighted by atomic mass is 32.1. The zero-order chi connectivity index (χ0) is 48.5. The maximum absolute atomic E-state index is 15.7. The molecule has 2 aromatic heterocycles. The number of aromatic nitrogens is 3. The Balaban J connectivity index is 0.900. The second-order valence-corrected chi connectivity index (χ2v) is 19.5. The van der Waals surface area contributed by atoms with Crippen LogP contribution in [0.5, 0.6) is 11.5 Å². The van der Waals surface area contributed by atoms with Crippen LogP contribution in [0.4, 0.5) is 20.3 Å². The van der Waals surface area contributed by atoms with E-state index in [2.05, 4.69) is 25.8 Å². The number of nitrogen functional groups attached to an aromatic ring is 1. The molecule has 2 aliphatic heterocycles. The Kier molecular flexibility index (Phi) is 13.7. The molecule has 0 spiro atoms. The van der Waals surface area contributed by atoms with Crippen molar-refractivity contribution in [1.82, 2.24) is 35.6 Å². The molecule has 19 heteroatoms. The van der Waals surface area contributed by atoms with Gasteiger partial charge in [-0.3, -0.25) is 19.2 Å². The Bertz CT molecular complexity index is 2720. The van der Waals surface area contributed by atoms with Gasteiger partial charge in [0.1, 0.15) is 29.4 Å². The number of para-hydroxylation sites is 1. The standard InChI is InChI=1S/C49H55F2N9O7S/c1-28-41(68-27-54-28)30-10-12-32(25-53-44(63)38-23-33(61)26-60(38)46(65)42(48(2,3)4)55-47(66)49(51)14-15-49)40(22-30)67-20-13-29-9-11-31(21-35(29)50)45(64)59-18-16-58(17-19-59)37-24-36(56-57-43(37)52)34-7-5-6-8-39(34)62/h5-12,21-22,24,27,33,38,42,61-62H,13-20,23,25-26H2,1-4H3,(H2,52,57)(H,53,63)(H,55,66)/t33-,38+,42-/m1/s1. The van der Waals surface area contributed by atoms with Crippen molar-refractivity contribution in [3.05, 3.63) is 100 Å². The number of halogens is 2. The minimum atomic E-state index is -2.00. The number of nitrogens with two attached hydrogens (primary N) is 1. The maximum Gasteiger partial charge on any atom is 0.258 e. The maximum atomic E-state index is 15.7. The van der Waals surface area contributed by atoms with E-state index in [0.29, 0.717) is 60.0 Å². The molecule has 1 saturated carbocycles. The molecular formula is C49H55F2N9O7S. The first-order valence-corrected chi connectivity index (χ1v) is 23.4. The number of piperazine rings is 1. The Hall–Kier alpha value is -6.73. The van der Waals surface area contributed by atoms with Crippen LogP contribution >= 0.6 is 11.3 Å². The summed E-state index contributed by atoms with van der Waals surface area (Å²) < 4.78 is 36.7. The molecule has 8 rings (SSSR count). The number of nitrogens with one attached hydrogen (secondary N) is 2. The number of phenolic OH excluding ortho intramolecular Hbond substituents is 1. The number of rotatable bonds is 14. The number of aryl methyl sites for hydroxylation is 1. The first-order valence-electron chi connectivity index (χ1n) is 22.6. The summed E-state index contributed by atoms with van der Waals surface area (Å²) in [7, 11) is 0. The third kappa shape index (κ3) is 10.4. The summed E-state index contributed by atoms with van der Waals surface area (Å²) in [5.41, 5.74) is 9.52. The van der Waals surface area contributed by atoms with Crippen LogP contribution in [0.15, 0.2) is 72.2 Å². The van der Waals surface area contributed by atoms with Gasteiger partial charge in [0.15, 0.2) is 11.5 Å². The van der Waals surface area contributed by atoms with E-state index in [-0.39, 0.29) is 68.4 Å². The Morgan fingerprint density at radius 2 is 1.74 bits per heavy atom. The summed E-state index contributed by atoms with van der Waals surface area (Å²) in [4.78, 5) is 64.3. The number of aromatic hydroxyl groups is 1. The molecule has 68 heavy (non-hydrogen) atoms. The van der Waals surface area contributed by atoms with E-state index >= 15 is 4.39 Å². The van der Waals surface area contributed by atoms with Crippen LogP contribution < -0.4 is 26.0 Å². The van der Waals surface area contributed by atoms with Gasteiger partial charge in [-0.25, -0.2) is 13.8 Å². The molecular weight excluding hydrogens is 897 g/mol. The SMILES string of the molecule is Cc1ncsc1-c1ccc(CNC(=O)[C@@H]2C[C@@H](O)CN2C(=O)[C@@H](NC(=O)C2(F)CC2)C(C)(C)C)c(OCCc2ccc(C(=O)N3CCN(c4cc(-c5ccccc5O)nnc4N)CC3)cc2F)c1. The lowest BCUT2D eigenvalue weighted by atomic mass is 9.85. The summed E-state index contributed by atoms with van der Waals surface area (Å²) in [5, 5.41) is 34.7. The number of ether oxygens (including phenoxy) is 1. The smallest absolute Gasteiger partial charge is 0.258 e. The number of benzene rings is 3. The molecule has 1 aliphatic carbocycles. The van der Waals surface area contributed by atoms with E-state index in [1.165, 1.54) is 22.3 Å². The third-order valence-corrected chi connectivity index (χ3v) is 13.7. The average molecular weight is 952 g/mol. The number of alkyl halides is 1. The van der Waals surface area contributed by atoms with Gasteiger partial charge >= 0.3 is 0 Å². The molecule has 3 aliphatic rings. The number of anilines is 2. The number of β-amino-alcohol motifs (C(OH)–C–C–N with tert-alkyl or cyclic N) is 1. The van der Waals surface area contributed by atoms with Crippen LogP contribution in [0.25, 0.3) is 21.7 Å². The Morgan fingerprint density at radius 3 is 2.41 bits per heavy atom. The molecule has 3 atom stereocenters. The molecule has 2 saturated heterocycles. The number of aliphatic hydroxyl groups is 1.